The molecule has 0 fully saturated rings. The number of nitrogens with zero attached hydrogens (tertiary/aromatic N) is 3. The Kier molecular flexibility index (Phi) is 4.86. The minimum atomic E-state index is -0.444. The number of non-ortho nitro benzene ring substituents is 1. The average Bonchev–Trinajstić information content (AvgIpc) is 3.28. The Morgan fingerprint density at radius 3 is 2.74 bits per heavy atom. The summed E-state index contributed by atoms with van der Waals surface area (Å²) in [7, 11) is 0. The molecular weight excluding hydrogens is 384 g/mol. The number of nitro groups is 1. The van der Waals surface area contributed by atoms with Gasteiger partial charge in [0, 0.05) is 12.1 Å². The zero-order valence-electron chi connectivity index (χ0n) is 13.7. The summed E-state index contributed by atoms with van der Waals surface area (Å²) < 4.78 is 7.78. The first-order valence-electron chi connectivity index (χ1n) is 7.84. The lowest BCUT2D eigenvalue weighted by Crippen LogP contribution is -1.91. The molecule has 0 bridgehead atoms. The molecule has 0 aliphatic carbocycles. The normalized spacial score (nSPS) is 11.3. The Hall–Kier alpha value is -3.17. The van der Waals surface area contributed by atoms with Crippen LogP contribution in [0.1, 0.15) is 5.76 Å². The average molecular weight is 396 g/mol. The van der Waals surface area contributed by atoms with Crippen molar-refractivity contribution in [3.05, 3.63) is 76.5 Å². The van der Waals surface area contributed by atoms with Crippen molar-refractivity contribution in [1.29, 1.82) is 0 Å². The van der Waals surface area contributed by atoms with Crippen LogP contribution in [0.5, 0.6) is 0 Å². The number of nitrogens with one attached hydrogen (secondary N) is 1. The van der Waals surface area contributed by atoms with E-state index < -0.39 is 4.92 Å². The summed E-state index contributed by atoms with van der Waals surface area (Å²) in [5.41, 5.74) is 4.46. The fourth-order valence-electron chi connectivity index (χ4n) is 2.27. The van der Waals surface area contributed by atoms with E-state index in [1.807, 2.05) is 36.4 Å². The monoisotopic (exact) mass is 396 g/mol. The number of benzene rings is 2. The third kappa shape index (κ3) is 4.15. The highest BCUT2D eigenvalue weighted by Crippen LogP contribution is 2.34. The van der Waals surface area contributed by atoms with Gasteiger partial charge in [-0.05, 0) is 48.2 Å². The van der Waals surface area contributed by atoms with Gasteiger partial charge in [0.05, 0.1) is 27.0 Å². The number of aromatic nitrogens is 1. The molecule has 0 atom stereocenters. The smallest absolute Gasteiger partial charge is 0.269 e. The fraction of sp³-hybridized carbons (Fsp3) is 0. The van der Waals surface area contributed by atoms with Gasteiger partial charge >= 0.3 is 0 Å². The van der Waals surface area contributed by atoms with Crippen LogP contribution in [0.4, 0.5) is 11.4 Å². The van der Waals surface area contributed by atoms with Gasteiger partial charge in [0.25, 0.3) is 5.69 Å². The number of para-hydroxylation sites is 1. The van der Waals surface area contributed by atoms with E-state index in [-0.39, 0.29) is 5.69 Å². The molecule has 0 spiro atoms. The maximum atomic E-state index is 10.6. The highest BCUT2D eigenvalue weighted by molar-refractivity contribution is 8.01. The van der Waals surface area contributed by atoms with Crippen molar-refractivity contribution in [3.8, 4) is 0 Å². The molecule has 0 amide bonds. The van der Waals surface area contributed by atoms with E-state index in [9.17, 15) is 10.1 Å². The molecule has 7 nitrogen and oxygen atoms in total. The molecule has 2 heterocycles. The summed E-state index contributed by atoms with van der Waals surface area (Å²) in [5.74, 6) is 0.591. The quantitative estimate of drug-likeness (QED) is 0.267. The molecule has 2 aromatic heterocycles. The van der Waals surface area contributed by atoms with Crippen molar-refractivity contribution in [3.63, 3.8) is 0 Å². The van der Waals surface area contributed by atoms with Crippen LogP contribution in [0.15, 0.2) is 79.6 Å². The van der Waals surface area contributed by atoms with Crippen LogP contribution in [-0.2, 0) is 0 Å². The van der Waals surface area contributed by atoms with Crippen LogP contribution < -0.4 is 5.43 Å². The summed E-state index contributed by atoms with van der Waals surface area (Å²) >= 11 is 3.08. The standard InChI is InChI=1S/C18H12N4O3S2/c23-22(24)13-7-5-12(6-8-13)21-19-11-14-9-10-17(25-14)27-18-20-15-3-1-2-4-16(15)26-18/h1-11,21H. The van der Waals surface area contributed by atoms with Gasteiger partial charge in [0.15, 0.2) is 9.43 Å². The van der Waals surface area contributed by atoms with E-state index in [0.717, 1.165) is 19.6 Å². The lowest BCUT2D eigenvalue weighted by atomic mass is 10.3. The molecule has 27 heavy (non-hydrogen) atoms. The van der Waals surface area contributed by atoms with Crippen molar-refractivity contribution < 1.29 is 9.34 Å². The van der Waals surface area contributed by atoms with Crippen LogP contribution in [-0.4, -0.2) is 16.1 Å². The number of rotatable bonds is 6. The molecule has 0 saturated carbocycles. The molecule has 0 unspecified atom stereocenters. The van der Waals surface area contributed by atoms with Crippen molar-refractivity contribution in [2.45, 2.75) is 9.43 Å². The van der Waals surface area contributed by atoms with Gasteiger partial charge < -0.3 is 4.42 Å². The van der Waals surface area contributed by atoms with Gasteiger partial charge in [-0.1, -0.05) is 12.1 Å². The van der Waals surface area contributed by atoms with Crippen LogP contribution in [0, 0.1) is 10.1 Å². The lowest BCUT2D eigenvalue weighted by molar-refractivity contribution is -0.384. The second-order valence-electron chi connectivity index (χ2n) is 5.38. The highest BCUT2D eigenvalue weighted by atomic mass is 32.2. The Morgan fingerprint density at radius 1 is 1.15 bits per heavy atom. The first-order chi connectivity index (χ1) is 13.2. The molecule has 134 valence electrons. The number of anilines is 1. The molecule has 4 aromatic rings. The Bertz CT molecular complexity index is 1090. The molecule has 0 saturated heterocycles. The van der Waals surface area contributed by atoms with Crippen LogP contribution >= 0.6 is 23.1 Å². The zero-order chi connectivity index (χ0) is 18.6. The zero-order valence-corrected chi connectivity index (χ0v) is 15.4. The number of furan rings is 1. The Morgan fingerprint density at radius 2 is 1.96 bits per heavy atom. The van der Waals surface area contributed by atoms with Gasteiger partial charge in [-0.25, -0.2) is 4.98 Å². The first-order valence-corrected chi connectivity index (χ1v) is 9.47. The third-order valence-corrected chi connectivity index (χ3v) is 5.55. The van der Waals surface area contributed by atoms with E-state index in [0.29, 0.717) is 11.4 Å². The van der Waals surface area contributed by atoms with Gasteiger partial charge in [-0.15, -0.1) is 11.3 Å². The predicted octanol–water partition coefficient (Wildman–Crippen LogP) is 5.39. The van der Waals surface area contributed by atoms with Crippen LogP contribution in [0.2, 0.25) is 0 Å². The van der Waals surface area contributed by atoms with Gasteiger partial charge in [-0.3, -0.25) is 15.5 Å². The fourth-order valence-corrected chi connectivity index (χ4v) is 4.24. The summed E-state index contributed by atoms with van der Waals surface area (Å²) in [4.78, 5) is 14.8. The van der Waals surface area contributed by atoms with E-state index >= 15 is 0 Å². The largest absolute Gasteiger partial charge is 0.448 e. The Labute approximate surface area is 161 Å². The van der Waals surface area contributed by atoms with Gasteiger partial charge in [0.2, 0.25) is 0 Å². The summed E-state index contributed by atoms with van der Waals surface area (Å²) in [6.07, 6.45) is 1.55. The Balaban J connectivity index is 1.38. The second kappa shape index (κ2) is 7.60. The van der Waals surface area contributed by atoms with E-state index in [1.54, 1.807) is 29.7 Å². The third-order valence-electron chi connectivity index (χ3n) is 3.53. The summed E-state index contributed by atoms with van der Waals surface area (Å²) in [6.45, 7) is 0. The molecular formula is C18H12N4O3S2. The highest BCUT2D eigenvalue weighted by Gasteiger charge is 2.08. The molecule has 4 rings (SSSR count). The molecule has 0 aliphatic heterocycles. The topological polar surface area (TPSA) is 93.6 Å². The van der Waals surface area contributed by atoms with Crippen molar-refractivity contribution in [2.75, 3.05) is 5.43 Å². The molecule has 0 aliphatic rings. The summed E-state index contributed by atoms with van der Waals surface area (Å²) in [6, 6.07) is 17.7. The molecule has 9 heteroatoms. The van der Waals surface area contributed by atoms with Gasteiger partial charge in [-0.2, -0.15) is 5.10 Å². The van der Waals surface area contributed by atoms with Crippen molar-refractivity contribution in [1.82, 2.24) is 4.98 Å². The molecule has 1 N–H and O–H groups in total. The minimum Gasteiger partial charge on any atom is -0.448 e. The number of hydrazone groups is 1. The number of nitro benzene ring substituents is 1. The van der Waals surface area contributed by atoms with E-state index in [1.165, 1.54) is 23.9 Å². The maximum Gasteiger partial charge on any atom is 0.269 e. The number of fused-ring (bicyclic) bond motifs is 1. The minimum absolute atomic E-state index is 0.0343. The molecule has 0 radical (unpaired) electrons. The van der Waals surface area contributed by atoms with Crippen molar-refractivity contribution in [2.24, 2.45) is 5.10 Å². The maximum absolute atomic E-state index is 10.6. The van der Waals surface area contributed by atoms with E-state index in [2.05, 4.69) is 15.5 Å². The lowest BCUT2D eigenvalue weighted by Gasteiger charge is -1.98. The van der Waals surface area contributed by atoms with Gasteiger partial charge in [0.1, 0.15) is 5.76 Å². The SMILES string of the molecule is O=[N+]([O-])c1ccc(NN=Cc2ccc(Sc3nc4ccccc4s3)o2)cc1. The second-order valence-corrected chi connectivity index (χ2v) is 7.66. The number of hydrogen-bond acceptors (Lipinski definition) is 8. The van der Waals surface area contributed by atoms with Crippen LogP contribution in [0.25, 0.3) is 10.2 Å². The molecule has 2 aromatic carbocycles. The van der Waals surface area contributed by atoms with Crippen LogP contribution in [0.3, 0.4) is 0 Å². The predicted molar refractivity (Wildman–Crippen MR) is 107 cm³/mol. The number of hydrogen-bond donors (Lipinski definition) is 1. The van der Waals surface area contributed by atoms with E-state index in [4.69, 9.17) is 4.42 Å². The van der Waals surface area contributed by atoms with Crippen molar-refractivity contribution >= 4 is 50.9 Å². The number of thiazole rings is 1. The first kappa shape index (κ1) is 17.3. The summed E-state index contributed by atoms with van der Waals surface area (Å²) in [5, 5.41) is 15.4.